The lowest BCUT2D eigenvalue weighted by molar-refractivity contribution is -0.0498. The molecule has 0 aromatic heterocycles. The largest absolute Gasteiger partial charge is 0.435 e. The fourth-order valence-corrected chi connectivity index (χ4v) is 2.13. The average Bonchev–Trinajstić information content (AvgIpc) is 2.44. The molecule has 0 fully saturated rings. The number of hydrogen-bond donors (Lipinski definition) is 2. The normalized spacial score (nSPS) is 10.6. The van der Waals surface area contributed by atoms with Crippen molar-refractivity contribution >= 4 is 40.5 Å². The number of ether oxygens (including phenoxy) is 1. The van der Waals surface area contributed by atoms with Gasteiger partial charge in [0, 0.05) is 11.3 Å². The fraction of sp³-hybridized carbons (Fsp3) is 0.0714. The minimum Gasteiger partial charge on any atom is -0.435 e. The van der Waals surface area contributed by atoms with Crippen molar-refractivity contribution in [2.45, 2.75) is 6.61 Å². The third kappa shape index (κ3) is 3.99. The van der Waals surface area contributed by atoms with Crippen LogP contribution in [0.5, 0.6) is 5.75 Å². The first-order chi connectivity index (χ1) is 10.4. The zero-order valence-corrected chi connectivity index (χ0v) is 12.5. The molecule has 0 aliphatic rings. The van der Waals surface area contributed by atoms with Crippen LogP contribution in [0.15, 0.2) is 36.4 Å². The van der Waals surface area contributed by atoms with Gasteiger partial charge in [-0.1, -0.05) is 23.2 Å². The van der Waals surface area contributed by atoms with E-state index in [9.17, 15) is 13.6 Å². The predicted molar refractivity (Wildman–Crippen MR) is 81.9 cm³/mol. The van der Waals surface area contributed by atoms with Crippen LogP contribution in [-0.4, -0.2) is 12.5 Å². The first-order valence-electron chi connectivity index (χ1n) is 5.97. The Balaban J connectivity index is 2.12. The minimum atomic E-state index is -2.92. The Kier molecular flexibility index (Phi) is 5.05. The summed E-state index contributed by atoms with van der Waals surface area (Å²) in [5.74, 6) is -0.495. The molecule has 0 saturated carbocycles. The van der Waals surface area contributed by atoms with Crippen molar-refractivity contribution in [3.05, 3.63) is 52.0 Å². The van der Waals surface area contributed by atoms with Crippen LogP contribution in [0.4, 0.5) is 20.2 Å². The second-order valence-electron chi connectivity index (χ2n) is 4.21. The molecule has 1 amide bonds. The van der Waals surface area contributed by atoms with E-state index in [1.807, 2.05) is 0 Å². The van der Waals surface area contributed by atoms with Crippen LogP contribution in [0.25, 0.3) is 0 Å². The Morgan fingerprint density at radius 3 is 2.18 bits per heavy atom. The molecule has 3 N–H and O–H groups in total. The molecule has 2 aromatic rings. The maximum atomic E-state index is 12.0. The van der Waals surface area contributed by atoms with Crippen molar-refractivity contribution < 1.29 is 18.3 Å². The molecule has 0 spiro atoms. The van der Waals surface area contributed by atoms with E-state index in [4.69, 9.17) is 28.9 Å². The SMILES string of the molecule is Nc1c(Cl)cc(NC(=O)c2ccc(OC(F)F)cc2)cc1Cl. The third-order valence-electron chi connectivity index (χ3n) is 2.68. The van der Waals surface area contributed by atoms with Crippen molar-refractivity contribution in [3.63, 3.8) is 0 Å². The maximum Gasteiger partial charge on any atom is 0.387 e. The molecule has 0 heterocycles. The first kappa shape index (κ1) is 16.3. The molecular weight excluding hydrogens is 337 g/mol. The second kappa shape index (κ2) is 6.81. The van der Waals surface area contributed by atoms with Crippen LogP contribution >= 0.6 is 23.2 Å². The van der Waals surface area contributed by atoms with Gasteiger partial charge in [0.05, 0.1) is 15.7 Å². The Morgan fingerprint density at radius 1 is 1.14 bits per heavy atom. The van der Waals surface area contributed by atoms with E-state index in [1.165, 1.54) is 36.4 Å². The summed E-state index contributed by atoms with van der Waals surface area (Å²) in [4.78, 5) is 12.0. The number of nitrogens with two attached hydrogens (primary N) is 1. The molecule has 8 heteroatoms. The van der Waals surface area contributed by atoms with Crippen molar-refractivity contribution in [1.82, 2.24) is 0 Å². The van der Waals surface area contributed by atoms with Gasteiger partial charge in [0.1, 0.15) is 5.75 Å². The third-order valence-corrected chi connectivity index (χ3v) is 3.30. The van der Waals surface area contributed by atoms with Gasteiger partial charge in [-0.3, -0.25) is 4.79 Å². The lowest BCUT2D eigenvalue weighted by atomic mass is 10.2. The van der Waals surface area contributed by atoms with Crippen LogP contribution < -0.4 is 15.8 Å². The van der Waals surface area contributed by atoms with Crippen molar-refractivity contribution in [3.8, 4) is 5.75 Å². The molecular formula is C14H10Cl2F2N2O2. The quantitative estimate of drug-likeness (QED) is 0.805. The van der Waals surface area contributed by atoms with Gasteiger partial charge in [0.25, 0.3) is 5.91 Å². The standard InChI is InChI=1S/C14H10Cl2F2N2O2/c15-10-5-8(6-11(16)12(10)19)20-13(21)7-1-3-9(4-2-7)22-14(17)18/h1-6,14H,19H2,(H,20,21). The highest BCUT2D eigenvalue weighted by Gasteiger charge is 2.11. The van der Waals surface area contributed by atoms with Gasteiger partial charge >= 0.3 is 6.61 Å². The predicted octanol–water partition coefficient (Wildman–Crippen LogP) is 4.43. The molecule has 2 aromatic carbocycles. The molecule has 4 nitrogen and oxygen atoms in total. The number of alkyl halides is 2. The van der Waals surface area contributed by atoms with Gasteiger partial charge in [-0.25, -0.2) is 0 Å². The number of hydrogen-bond acceptors (Lipinski definition) is 3. The number of anilines is 2. The smallest absolute Gasteiger partial charge is 0.387 e. The molecule has 0 bridgehead atoms. The zero-order valence-electron chi connectivity index (χ0n) is 10.9. The highest BCUT2D eigenvalue weighted by molar-refractivity contribution is 6.39. The first-order valence-corrected chi connectivity index (χ1v) is 6.73. The lowest BCUT2D eigenvalue weighted by Crippen LogP contribution is -2.12. The minimum absolute atomic E-state index is 0.0369. The van der Waals surface area contributed by atoms with Gasteiger partial charge in [-0.2, -0.15) is 8.78 Å². The van der Waals surface area contributed by atoms with Crippen LogP contribution in [0.3, 0.4) is 0 Å². The summed E-state index contributed by atoms with van der Waals surface area (Å²) in [5.41, 5.74) is 6.43. The molecule has 2 rings (SSSR count). The van der Waals surface area contributed by atoms with Gasteiger partial charge in [-0.15, -0.1) is 0 Å². The van der Waals surface area contributed by atoms with Crippen LogP contribution in [-0.2, 0) is 0 Å². The van der Waals surface area contributed by atoms with E-state index in [1.54, 1.807) is 0 Å². The summed E-state index contributed by atoms with van der Waals surface area (Å²) in [5, 5.41) is 3.00. The molecule has 0 aliphatic carbocycles. The van der Waals surface area contributed by atoms with Gasteiger partial charge in [0.2, 0.25) is 0 Å². The monoisotopic (exact) mass is 346 g/mol. The molecule has 0 atom stereocenters. The lowest BCUT2D eigenvalue weighted by Gasteiger charge is -2.09. The van der Waals surface area contributed by atoms with Crippen LogP contribution in [0.2, 0.25) is 10.0 Å². The summed E-state index contributed by atoms with van der Waals surface area (Å²) in [6, 6.07) is 8.15. The Bertz CT molecular complexity index is 671. The van der Waals surface area contributed by atoms with Gasteiger partial charge in [-0.05, 0) is 36.4 Å². The highest BCUT2D eigenvalue weighted by Crippen LogP contribution is 2.31. The van der Waals surface area contributed by atoms with E-state index >= 15 is 0 Å². The number of nitrogen functional groups attached to an aromatic ring is 1. The Labute approximate surface area is 134 Å². The number of benzene rings is 2. The van der Waals surface area contributed by atoms with E-state index in [0.717, 1.165) is 0 Å². The average molecular weight is 347 g/mol. The molecule has 0 unspecified atom stereocenters. The van der Waals surface area contributed by atoms with Gasteiger partial charge < -0.3 is 15.8 Å². The van der Waals surface area contributed by atoms with E-state index in [2.05, 4.69) is 10.1 Å². The zero-order chi connectivity index (χ0) is 16.3. The second-order valence-corrected chi connectivity index (χ2v) is 5.02. The number of carbonyl (C=O) groups is 1. The number of carbonyl (C=O) groups excluding carboxylic acids is 1. The molecule has 0 radical (unpaired) electrons. The Morgan fingerprint density at radius 2 is 1.68 bits per heavy atom. The summed E-state index contributed by atoms with van der Waals surface area (Å²) < 4.78 is 28.3. The van der Waals surface area contributed by atoms with Crippen LogP contribution in [0.1, 0.15) is 10.4 Å². The molecule has 116 valence electrons. The maximum absolute atomic E-state index is 12.0. The van der Waals surface area contributed by atoms with Crippen molar-refractivity contribution in [2.24, 2.45) is 0 Å². The van der Waals surface area contributed by atoms with E-state index in [-0.39, 0.29) is 27.0 Å². The number of halogens is 4. The molecule has 0 aliphatic heterocycles. The number of rotatable bonds is 4. The van der Waals surface area contributed by atoms with Gasteiger partial charge in [0.15, 0.2) is 0 Å². The fourth-order valence-electron chi connectivity index (χ4n) is 1.65. The summed E-state index contributed by atoms with van der Waals surface area (Å²) >= 11 is 11.7. The Hall–Kier alpha value is -2.05. The number of amides is 1. The van der Waals surface area contributed by atoms with Crippen molar-refractivity contribution in [1.29, 1.82) is 0 Å². The summed E-state index contributed by atoms with van der Waals surface area (Å²) in [6.45, 7) is -2.92. The van der Waals surface area contributed by atoms with Crippen LogP contribution in [0, 0.1) is 0 Å². The summed E-state index contributed by atoms with van der Waals surface area (Å²) in [6.07, 6.45) is 0. The van der Waals surface area contributed by atoms with E-state index < -0.39 is 12.5 Å². The summed E-state index contributed by atoms with van der Waals surface area (Å²) in [7, 11) is 0. The highest BCUT2D eigenvalue weighted by atomic mass is 35.5. The van der Waals surface area contributed by atoms with Crippen molar-refractivity contribution in [2.75, 3.05) is 11.1 Å². The number of nitrogens with one attached hydrogen (secondary N) is 1. The van der Waals surface area contributed by atoms with E-state index in [0.29, 0.717) is 5.69 Å². The topological polar surface area (TPSA) is 64.3 Å². The molecule has 0 saturated heterocycles. The molecule has 22 heavy (non-hydrogen) atoms.